The van der Waals surface area contributed by atoms with Crippen LogP contribution in [-0.2, 0) is 0 Å². The topological polar surface area (TPSA) is 0 Å². The van der Waals surface area contributed by atoms with E-state index in [1.165, 1.54) is 54.2 Å². The standard InChI is InChI=1S/C28H16Br2/c29-26-16-22-13-18-7-2-4-9-20(18)15-25(22)27(28(26)30)23-11-5-10-21-12-17-6-1-3-8-19(17)14-24(21)23/h1-16H. The highest BCUT2D eigenvalue weighted by Gasteiger charge is 2.15. The van der Waals surface area contributed by atoms with Crippen LogP contribution in [0, 0.1) is 0 Å². The predicted molar refractivity (Wildman–Crippen MR) is 137 cm³/mol. The van der Waals surface area contributed by atoms with Gasteiger partial charge in [0.1, 0.15) is 0 Å². The molecule has 6 aromatic carbocycles. The fourth-order valence-electron chi connectivity index (χ4n) is 4.48. The van der Waals surface area contributed by atoms with Gasteiger partial charge in [0.25, 0.3) is 0 Å². The summed E-state index contributed by atoms with van der Waals surface area (Å²) in [5, 5.41) is 10.1. The summed E-state index contributed by atoms with van der Waals surface area (Å²) >= 11 is 7.68. The zero-order chi connectivity index (χ0) is 20.2. The Labute approximate surface area is 191 Å². The smallest absolute Gasteiger partial charge is 0.0402 e. The zero-order valence-corrected chi connectivity index (χ0v) is 19.2. The predicted octanol–water partition coefficient (Wildman–Crippen LogP) is 9.49. The largest absolute Gasteiger partial charge is 0.0616 e. The molecular formula is C28H16Br2. The highest BCUT2D eigenvalue weighted by molar-refractivity contribution is 9.13. The fraction of sp³-hybridized carbons (Fsp3) is 0. The Morgan fingerprint density at radius 1 is 0.433 bits per heavy atom. The van der Waals surface area contributed by atoms with Crippen LogP contribution in [0.3, 0.4) is 0 Å². The van der Waals surface area contributed by atoms with Gasteiger partial charge in [0.15, 0.2) is 0 Å². The van der Waals surface area contributed by atoms with Gasteiger partial charge >= 0.3 is 0 Å². The van der Waals surface area contributed by atoms with Crippen LogP contribution >= 0.6 is 31.9 Å². The van der Waals surface area contributed by atoms with Crippen molar-refractivity contribution in [1.29, 1.82) is 0 Å². The Kier molecular flexibility index (Phi) is 4.19. The van der Waals surface area contributed by atoms with Gasteiger partial charge in [0.05, 0.1) is 0 Å². The summed E-state index contributed by atoms with van der Waals surface area (Å²) in [4.78, 5) is 0. The first-order chi connectivity index (χ1) is 14.7. The summed E-state index contributed by atoms with van der Waals surface area (Å²) in [5.74, 6) is 0. The molecule has 0 unspecified atom stereocenters. The molecule has 0 amide bonds. The van der Waals surface area contributed by atoms with Gasteiger partial charge in [-0.25, -0.2) is 0 Å². The molecule has 6 rings (SSSR count). The lowest BCUT2D eigenvalue weighted by Gasteiger charge is -2.15. The third-order valence-corrected chi connectivity index (χ3v) is 7.90. The summed E-state index contributed by atoms with van der Waals surface area (Å²) in [5.41, 5.74) is 2.47. The van der Waals surface area contributed by atoms with E-state index in [0.29, 0.717) is 0 Å². The van der Waals surface area contributed by atoms with Crippen molar-refractivity contribution in [3.8, 4) is 11.1 Å². The summed E-state index contributed by atoms with van der Waals surface area (Å²) in [6, 6.07) is 35.1. The molecule has 0 aliphatic carbocycles. The highest BCUT2D eigenvalue weighted by atomic mass is 79.9. The van der Waals surface area contributed by atoms with E-state index in [9.17, 15) is 0 Å². The molecule has 0 saturated carbocycles. The van der Waals surface area contributed by atoms with E-state index in [4.69, 9.17) is 0 Å². The van der Waals surface area contributed by atoms with Crippen molar-refractivity contribution in [1.82, 2.24) is 0 Å². The molecule has 0 aliphatic rings. The van der Waals surface area contributed by atoms with Crippen molar-refractivity contribution < 1.29 is 0 Å². The second kappa shape index (κ2) is 6.94. The van der Waals surface area contributed by atoms with E-state index < -0.39 is 0 Å². The molecular weight excluding hydrogens is 496 g/mol. The lowest BCUT2D eigenvalue weighted by atomic mass is 9.91. The minimum Gasteiger partial charge on any atom is -0.0616 e. The van der Waals surface area contributed by atoms with Crippen LogP contribution in [-0.4, -0.2) is 0 Å². The highest BCUT2D eigenvalue weighted by Crippen LogP contribution is 2.44. The monoisotopic (exact) mass is 510 g/mol. The Bertz CT molecular complexity index is 1610. The Hall–Kier alpha value is -2.68. The Morgan fingerprint density at radius 2 is 0.967 bits per heavy atom. The van der Waals surface area contributed by atoms with Gasteiger partial charge in [-0.15, -0.1) is 0 Å². The molecule has 2 heteroatoms. The van der Waals surface area contributed by atoms with Gasteiger partial charge in [0.2, 0.25) is 0 Å². The van der Waals surface area contributed by atoms with E-state index in [-0.39, 0.29) is 0 Å². The van der Waals surface area contributed by atoms with Crippen LogP contribution < -0.4 is 0 Å². The molecule has 30 heavy (non-hydrogen) atoms. The molecule has 0 bridgehead atoms. The fourth-order valence-corrected chi connectivity index (χ4v) is 5.47. The molecule has 0 aliphatic heterocycles. The molecule has 0 aromatic heterocycles. The van der Waals surface area contributed by atoms with Crippen LogP contribution in [0.15, 0.2) is 106 Å². The van der Waals surface area contributed by atoms with Crippen molar-refractivity contribution >= 4 is 74.9 Å². The van der Waals surface area contributed by atoms with Crippen LogP contribution in [0.25, 0.3) is 54.2 Å². The Morgan fingerprint density at radius 3 is 1.63 bits per heavy atom. The third kappa shape index (κ3) is 2.79. The van der Waals surface area contributed by atoms with Gasteiger partial charge in [-0.2, -0.15) is 0 Å². The number of hydrogen-bond acceptors (Lipinski definition) is 0. The van der Waals surface area contributed by atoms with Crippen molar-refractivity contribution in [2.75, 3.05) is 0 Å². The molecule has 0 heterocycles. The molecule has 0 nitrogen and oxygen atoms in total. The molecule has 0 saturated heterocycles. The first-order valence-electron chi connectivity index (χ1n) is 9.91. The molecule has 0 spiro atoms. The average Bonchev–Trinajstić information content (AvgIpc) is 2.77. The SMILES string of the molecule is Brc1cc2cc3ccccc3cc2c(-c2cccc3cc4ccccc4cc23)c1Br. The lowest BCUT2D eigenvalue weighted by Crippen LogP contribution is -1.89. The van der Waals surface area contributed by atoms with Crippen molar-refractivity contribution in [3.05, 3.63) is 106 Å². The van der Waals surface area contributed by atoms with E-state index in [2.05, 4.69) is 129 Å². The number of benzene rings is 6. The molecule has 0 atom stereocenters. The summed E-state index contributed by atoms with van der Waals surface area (Å²) in [6.45, 7) is 0. The second-order valence-corrected chi connectivity index (χ2v) is 9.34. The summed E-state index contributed by atoms with van der Waals surface area (Å²) in [6.07, 6.45) is 0. The van der Waals surface area contributed by atoms with Gasteiger partial charge in [-0.05, 0) is 111 Å². The summed E-state index contributed by atoms with van der Waals surface area (Å²) < 4.78 is 2.16. The first kappa shape index (κ1) is 18.1. The van der Waals surface area contributed by atoms with Gasteiger partial charge in [-0.1, -0.05) is 66.7 Å². The van der Waals surface area contributed by atoms with E-state index in [1.807, 2.05) is 0 Å². The van der Waals surface area contributed by atoms with E-state index in [1.54, 1.807) is 0 Å². The van der Waals surface area contributed by atoms with Crippen LogP contribution in [0.2, 0.25) is 0 Å². The van der Waals surface area contributed by atoms with E-state index in [0.717, 1.165) is 8.95 Å². The van der Waals surface area contributed by atoms with Gasteiger partial charge in [0, 0.05) is 14.5 Å². The first-order valence-corrected chi connectivity index (χ1v) is 11.5. The molecule has 0 N–H and O–H groups in total. The molecule has 6 aromatic rings. The molecule has 0 fully saturated rings. The zero-order valence-electron chi connectivity index (χ0n) is 16.0. The Balaban J connectivity index is 1.78. The van der Waals surface area contributed by atoms with Crippen LogP contribution in [0.1, 0.15) is 0 Å². The van der Waals surface area contributed by atoms with Crippen molar-refractivity contribution in [2.45, 2.75) is 0 Å². The number of fused-ring (bicyclic) bond motifs is 4. The van der Waals surface area contributed by atoms with Gasteiger partial charge in [-0.3, -0.25) is 0 Å². The minimum absolute atomic E-state index is 1.07. The number of hydrogen-bond donors (Lipinski definition) is 0. The van der Waals surface area contributed by atoms with Crippen molar-refractivity contribution in [3.63, 3.8) is 0 Å². The second-order valence-electron chi connectivity index (χ2n) is 7.69. The quantitative estimate of drug-likeness (QED) is 0.193. The van der Waals surface area contributed by atoms with Crippen LogP contribution in [0.5, 0.6) is 0 Å². The van der Waals surface area contributed by atoms with Crippen molar-refractivity contribution in [2.24, 2.45) is 0 Å². The maximum atomic E-state index is 3.89. The average molecular weight is 512 g/mol. The number of rotatable bonds is 1. The maximum Gasteiger partial charge on any atom is 0.0402 e. The third-order valence-electron chi connectivity index (χ3n) is 5.91. The maximum absolute atomic E-state index is 3.89. The minimum atomic E-state index is 1.07. The van der Waals surface area contributed by atoms with Crippen LogP contribution in [0.4, 0.5) is 0 Å². The summed E-state index contributed by atoms with van der Waals surface area (Å²) in [7, 11) is 0. The van der Waals surface area contributed by atoms with Gasteiger partial charge < -0.3 is 0 Å². The lowest BCUT2D eigenvalue weighted by molar-refractivity contribution is 1.62. The normalized spacial score (nSPS) is 11.7. The van der Waals surface area contributed by atoms with E-state index >= 15 is 0 Å². The number of halogens is 2. The molecule has 142 valence electrons. The molecule has 0 radical (unpaired) electrons.